The number of ether oxygens (including phenoxy) is 3. The van der Waals surface area contributed by atoms with Crippen molar-refractivity contribution in [3.8, 4) is 17.2 Å². The molecule has 2 aromatic carbocycles. The molecule has 1 fully saturated rings. The molecule has 0 atom stereocenters. The van der Waals surface area contributed by atoms with Gasteiger partial charge in [0.25, 0.3) is 10.0 Å². The molecule has 1 N–H and O–H groups in total. The van der Waals surface area contributed by atoms with Gasteiger partial charge < -0.3 is 14.2 Å². The molecule has 29 heavy (non-hydrogen) atoms. The first-order chi connectivity index (χ1) is 13.8. The zero-order valence-corrected chi connectivity index (χ0v) is 16.9. The molecule has 9 nitrogen and oxygen atoms in total. The number of carbonyl (C=O) groups is 2. The number of nitrogens with one attached hydrogen (secondary N) is 1. The smallest absolute Gasteiger partial charge is 0.265 e. The number of hydrogen-bond donors (Lipinski definition) is 1. The van der Waals surface area contributed by atoms with E-state index in [1.165, 1.54) is 45.6 Å². The Balaban J connectivity index is 2.05. The number of imide groups is 1. The lowest BCUT2D eigenvalue weighted by molar-refractivity contribution is -0.121. The SMILES string of the molecule is COc1ccc(OC)c(NS(=O)(=O)c2cc(N3C(=O)CCC3=O)ccc2OC)c1. The van der Waals surface area contributed by atoms with Gasteiger partial charge in [0.1, 0.15) is 22.1 Å². The van der Waals surface area contributed by atoms with Crippen LogP contribution in [0.15, 0.2) is 41.3 Å². The number of nitrogens with zero attached hydrogens (tertiary/aromatic N) is 1. The molecule has 0 aliphatic carbocycles. The lowest BCUT2D eigenvalue weighted by Gasteiger charge is -2.18. The van der Waals surface area contributed by atoms with E-state index in [1.807, 2.05) is 0 Å². The van der Waals surface area contributed by atoms with E-state index in [0.29, 0.717) is 5.75 Å². The van der Waals surface area contributed by atoms with Crippen molar-refractivity contribution in [3.63, 3.8) is 0 Å². The van der Waals surface area contributed by atoms with Crippen LogP contribution in [0.25, 0.3) is 0 Å². The topological polar surface area (TPSA) is 111 Å². The molecule has 0 radical (unpaired) electrons. The van der Waals surface area contributed by atoms with E-state index < -0.39 is 10.0 Å². The lowest BCUT2D eigenvalue weighted by Crippen LogP contribution is -2.28. The molecule has 1 heterocycles. The maximum atomic E-state index is 13.1. The quantitative estimate of drug-likeness (QED) is 0.683. The van der Waals surface area contributed by atoms with E-state index >= 15 is 0 Å². The van der Waals surface area contributed by atoms with Gasteiger partial charge in [0.05, 0.1) is 32.7 Å². The van der Waals surface area contributed by atoms with Crippen LogP contribution >= 0.6 is 0 Å². The van der Waals surface area contributed by atoms with E-state index in [1.54, 1.807) is 12.1 Å². The van der Waals surface area contributed by atoms with Crippen LogP contribution in [-0.4, -0.2) is 41.6 Å². The van der Waals surface area contributed by atoms with Crippen molar-refractivity contribution in [2.75, 3.05) is 31.0 Å². The second kappa shape index (κ2) is 8.00. The standard InChI is InChI=1S/C19H20N2O7S/c1-26-13-5-7-15(27-2)14(11-13)20-29(24,25)17-10-12(4-6-16(17)28-3)21-18(22)8-9-19(21)23/h4-7,10-11,20H,8-9H2,1-3H3. The van der Waals surface area contributed by atoms with Gasteiger partial charge in [-0.1, -0.05) is 0 Å². The number of hydrogen-bond acceptors (Lipinski definition) is 7. The molecule has 0 aromatic heterocycles. The van der Waals surface area contributed by atoms with Crippen LogP contribution in [0.4, 0.5) is 11.4 Å². The number of rotatable bonds is 7. The summed E-state index contributed by atoms with van der Waals surface area (Å²) in [4.78, 5) is 24.8. The first kappa shape index (κ1) is 20.5. The average Bonchev–Trinajstić information content (AvgIpc) is 3.05. The zero-order valence-electron chi connectivity index (χ0n) is 16.1. The summed E-state index contributed by atoms with van der Waals surface area (Å²) in [5.74, 6) is 0.00552. The molecule has 2 amide bonds. The van der Waals surface area contributed by atoms with Crippen LogP contribution in [0, 0.1) is 0 Å². The molecule has 1 aliphatic rings. The van der Waals surface area contributed by atoms with Gasteiger partial charge in [-0.3, -0.25) is 19.2 Å². The summed E-state index contributed by atoms with van der Waals surface area (Å²) in [6, 6.07) is 8.75. The fourth-order valence-electron chi connectivity index (χ4n) is 2.97. The van der Waals surface area contributed by atoms with Gasteiger partial charge in [-0.2, -0.15) is 0 Å². The molecular formula is C19H20N2O7S. The molecule has 0 unspecified atom stereocenters. The van der Waals surface area contributed by atoms with Crippen molar-refractivity contribution < 1.29 is 32.2 Å². The van der Waals surface area contributed by atoms with Crippen LogP contribution in [0.1, 0.15) is 12.8 Å². The third-order valence-corrected chi connectivity index (χ3v) is 5.78. The summed E-state index contributed by atoms with van der Waals surface area (Å²) >= 11 is 0. The number of amides is 2. The summed E-state index contributed by atoms with van der Waals surface area (Å²) < 4.78 is 44.2. The minimum atomic E-state index is -4.16. The molecule has 0 spiro atoms. The number of methoxy groups -OCH3 is 3. The molecule has 1 saturated heterocycles. The first-order valence-electron chi connectivity index (χ1n) is 8.59. The van der Waals surface area contributed by atoms with Gasteiger partial charge in [0.15, 0.2) is 0 Å². The van der Waals surface area contributed by atoms with Crippen LogP contribution in [0.3, 0.4) is 0 Å². The summed E-state index contributed by atoms with van der Waals surface area (Å²) in [5.41, 5.74) is 0.323. The minimum Gasteiger partial charge on any atom is -0.497 e. The van der Waals surface area contributed by atoms with Gasteiger partial charge >= 0.3 is 0 Å². The van der Waals surface area contributed by atoms with E-state index in [0.717, 1.165) is 4.90 Å². The van der Waals surface area contributed by atoms with Gasteiger partial charge in [0.2, 0.25) is 11.8 Å². The van der Waals surface area contributed by atoms with E-state index in [2.05, 4.69) is 4.72 Å². The maximum Gasteiger partial charge on any atom is 0.265 e. The summed E-state index contributed by atoms with van der Waals surface area (Å²) in [7, 11) is 0.0284. The van der Waals surface area contributed by atoms with Crippen molar-refractivity contribution >= 4 is 33.2 Å². The fraction of sp³-hybridized carbons (Fsp3) is 0.263. The van der Waals surface area contributed by atoms with Gasteiger partial charge in [-0.25, -0.2) is 8.42 Å². The van der Waals surface area contributed by atoms with Crippen molar-refractivity contribution in [2.24, 2.45) is 0 Å². The van der Waals surface area contributed by atoms with Gasteiger partial charge in [-0.05, 0) is 30.3 Å². The third-order valence-electron chi connectivity index (χ3n) is 4.40. The molecule has 0 bridgehead atoms. The van der Waals surface area contributed by atoms with Crippen LogP contribution in [-0.2, 0) is 19.6 Å². The Hall–Kier alpha value is -3.27. The number of benzene rings is 2. The highest BCUT2D eigenvalue weighted by Crippen LogP contribution is 2.35. The Kier molecular flexibility index (Phi) is 5.64. The molecule has 0 saturated carbocycles. The zero-order chi connectivity index (χ0) is 21.2. The van der Waals surface area contributed by atoms with Crippen molar-refractivity contribution in [3.05, 3.63) is 36.4 Å². The highest BCUT2D eigenvalue weighted by Gasteiger charge is 2.32. The van der Waals surface area contributed by atoms with Gasteiger partial charge in [0, 0.05) is 18.9 Å². The molecule has 2 aromatic rings. The number of carbonyl (C=O) groups excluding carboxylic acids is 2. The number of sulfonamides is 1. The first-order valence-corrected chi connectivity index (χ1v) is 10.1. The molecule has 154 valence electrons. The normalized spacial score (nSPS) is 14.1. The largest absolute Gasteiger partial charge is 0.497 e. The Morgan fingerprint density at radius 1 is 0.862 bits per heavy atom. The summed E-state index contributed by atoms with van der Waals surface area (Å²) in [6.07, 6.45) is 0.179. The lowest BCUT2D eigenvalue weighted by atomic mass is 10.2. The molecule has 10 heteroatoms. The molecule has 1 aliphatic heterocycles. The summed E-state index contributed by atoms with van der Waals surface area (Å²) in [5, 5.41) is 0. The van der Waals surface area contributed by atoms with Crippen LogP contribution < -0.4 is 23.8 Å². The highest BCUT2D eigenvalue weighted by molar-refractivity contribution is 7.92. The minimum absolute atomic E-state index is 0.0576. The molecule has 3 rings (SSSR count). The number of anilines is 2. The van der Waals surface area contributed by atoms with Crippen LogP contribution in [0.5, 0.6) is 17.2 Å². The fourth-order valence-corrected chi connectivity index (χ4v) is 4.22. The van der Waals surface area contributed by atoms with Crippen molar-refractivity contribution in [2.45, 2.75) is 17.7 Å². The Labute approximate surface area is 168 Å². The monoisotopic (exact) mass is 420 g/mol. The Morgan fingerprint density at radius 3 is 2.07 bits per heavy atom. The van der Waals surface area contributed by atoms with E-state index in [9.17, 15) is 18.0 Å². The summed E-state index contributed by atoms with van der Waals surface area (Å²) in [6.45, 7) is 0. The predicted molar refractivity (Wildman–Crippen MR) is 105 cm³/mol. The van der Waals surface area contributed by atoms with Gasteiger partial charge in [-0.15, -0.1) is 0 Å². The van der Waals surface area contributed by atoms with E-state index in [4.69, 9.17) is 14.2 Å². The third kappa shape index (κ3) is 3.97. The van der Waals surface area contributed by atoms with Crippen LogP contribution in [0.2, 0.25) is 0 Å². The predicted octanol–water partition coefficient (Wildman–Crippen LogP) is 2.17. The second-order valence-electron chi connectivity index (χ2n) is 6.13. The second-order valence-corrected chi connectivity index (χ2v) is 7.78. The van der Waals surface area contributed by atoms with Crippen molar-refractivity contribution in [1.29, 1.82) is 0 Å². The molecular weight excluding hydrogens is 400 g/mol. The van der Waals surface area contributed by atoms with E-state index in [-0.39, 0.29) is 52.4 Å². The Morgan fingerprint density at radius 2 is 1.48 bits per heavy atom. The van der Waals surface area contributed by atoms with Crippen molar-refractivity contribution in [1.82, 2.24) is 0 Å². The Bertz CT molecular complexity index is 1050. The average molecular weight is 420 g/mol. The maximum absolute atomic E-state index is 13.1. The highest BCUT2D eigenvalue weighted by atomic mass is 32.2.